The number of guanidine groups is 1. The standard InChI is InChI=1S/C16H26N4O2S.HI/c1-17-16(18-10-6-12-23(2,21)22)19-14-9-11-20(13-14)15-7-4-3-5-8-15;/h3-5,7-8,14H,6,9-13H2,1-2H3,(H2,17,18,19);1H. The Kier molecular flexibility index (Phi) is 8.82. The van der Waals surface area contributed by atoms with E-state index in [-0.39, 0.29) is 29.7 Å². The van der Waals surface area contributed by atoms with Gasteiger partial charge in [0.05, 0.1) is 5.75 Å². The average molecular weight is 466 g/mol. The predicted molar refractivity (Wildman–Crippen MR) is 111 cm³/mol. The van der Waals surface area contributed by atoms with Gasteiger partial charge in [0, 0.05) is 44.7 Å². The van der Waals surface area contributed by atoms with Crippen molar-refractivity contribution < 1.29 is 8.42 Å². The van der Waals surface area contributed by atoms with Crippen molar-refractivity contribution in [3.05, 3.63) is 30.3 Å². The first-order valence-corrected chi connectivity index (χ1v) is 9.99. The number of hydrogen-bond donors (Lipinski definition) is 2. The molecule has 1 fully saturated rings. The Hall–Kier alpha value is -1.03. The molecule has 1 aliphatic rings. The van der Waals surface area contributed by atoms with Crippen molar-refractivity contribution in [2.75, 3.05) is 43.6 Å². The van der Waals surface area contributed by atoms with Crippen LogP contribution in [0.1, 0.15) is 12.8 Å². The van der Waals surface area contributed by atoms with Gasteiger partial charge in [-0.2, -0.15) is 0 Å². The maximum atomic E-state index is 11.1. The molecule has 6 nitrogen and oxygen atoms in total. The van der Waals surface area contributed by atoms with E-state index < -0.39 is 9.84 Å². The molecule has 0 aromatic heterocycles. The van der Waals surface area contributed by atoms with Crippen LogP contribution in [-0.2, 0) is 9.84 Å². The fraction of sp³-hybridized carbons (Fsp3) is 0.562. The third kappa shape index (κ3) is 7.25. The molecule has 1 aromatic carbocycles. The molecular formula is C16H27IN4O2S. The fourth-order valence-corrected chi connectivity index (χ4v) is 3.35. The molecule has 1 aliphatic heterocycles. The Labute approximate surface area is 162 Å². The summed E-state index contributed by atoms with van der Waals surface area (Å²) in [5, 5.41) is 6.59. The molecule has 136 valence electrons. The summed E-state index contributed by atoms with van der Waals surface area (Å²) in [6.45, 7) is 2.56. The molecule has 0 saturated carbocycles. The molecule has 1 unspecified atom stereocenters. The van der Waals surface area contributed by atoms with E-state index in [1.54, 1.807) is 7.05 Å². The van der Waals surface area contributed by atoms with Crippen LogP contribution in [0.3, 0.4) is 0 Å². The van der Waals surface area contributed by atoms with Crippen molar-refractivity contribution in [3.63, 3.8) is 0 Å². The van der Waals surface area contributed by atoms with Crippen molar-refractivity contribution in [1.29, 1.82) is 0 Å². The van der Waals surface area contributed by atoms with E-state index in [2.05, 4.69) is 44.8 Å². The van der Waals surface area contributed by atoms with Crippen LogP contribution in [0, 0.1) is 0 Å². The number of nitrogens with one attached hydrogen (secondary N) is 2. The smallest absolute Gasteiger partial charge is 0.191 e. The topological polar surface area (TPSA) is 73.8 Å². The van der Waals surface area contributed by atoms with Crippen LogP contribution in [0.25, 0.3) is 0 Å². The number of sulfone groups is 1. The molecule has 0 aliphatic carbocycles. The van der Waals surface area contributed by atoms with E-state index >= 15 is 0 Å². The highest BCUT2D eigenvalue weighted by molar-refractivity contribution is 14.0. The predicted octanol–water partition coefficient (Wildman–Crippen LogP) is 1.48. The number of anilines is 1. The van der Waals surface area contributed by atoms with E-state index in [9.17, 15) is 8.42 Å². The molecule has 1 saturated heterocycles. The van der Waals surface area contributed by atoms with Gasteiger partial charge in [0.2, 0.25) is 0 Å². The highest BCUT2D eigenvalue weighted by Crippen LogP contribution is 2.19. The monoisotopic (exact) mass is 466 g/mol. The van der Waals surface area contributed by atoms with Crippen LogP contribution < -0.4 is 15.5 Å². The van der Waals surface area contributed by atoms with Crippen molar-refractivity contribution in [2.45, 2.75) is 18.9 Å². The molecule has 0 spiro atoms. The minimum Gasteiger partial charge on any atom is -0.369 e. The van der Waals surface area contributed by atoms with Crippen LogP contribution in [0.15, 0.2) is 35.3 Å². The summed E-state index contributed by atoms with van der Waals surface area (Å²) in [4.78, 5) is 6.57. The maximum absolute atomic E-state index is 11.1. The van der Waals surface area contributed by atoms with E-state index in [1.807, 2.05) is 6.07 Å². The first-order chi connectivity index (χ1) is 11.0. The Morgan fingerprint density at radius 2 is 2.04 bits per heavy atom. The number of halogens is 1. The molecule has 2 rings (SSSR count). The van der Waals surface area contributed by atoms with Crippen molar-refractivity contribution in [2.24, 2.45) is 4.99 Å². The van der Waals surface area contributed by atoms with Crippen molar-refractivity contribution >= 4 is 45.5 Å². The van der Waals surface area contributed by atoms with Gasteiger partial charge in [-0.15, -0.1) is 24.0 Å². The summed E-state index contributed by atoms with van der Waals surface area (Å²) in [7, 11) is -1.16. The SMILES string of the molecule is CN=C(NCCCS(C)(=O)=O)NC1CCN(c2ccccc2)C1.I. The van der Waals surface area contributed by atoms with Gasteiger partial charge in [0.1, 0.15) is 9.84 Å². The van der Waals surface area contributed by atoms with Crippen LogP contribution in [-0.4, -0.2) is 59.1 Å². The van der Waals surface area contributed by atoms with Gasteiger partial charge in [0.15, 0.2) is 5.96 Å². The van der Waals surface area contributed by atoms with Crippen molar-refractivity contribution in [3.8, 4) is 0 Å². The van der Waals surface area contributed by atoms with E-state index in [0.29, 0.717) is 19.0 Å². The average Bonchev–Trinajstić information content (AvgIpc) is 2.99. The highest BCUT2D eigenvalue weighted by atomic mass is 127. The highest BCUT2D eigenvalue weighted by Gasteiger charge is 2.23. The fourth-order valence-electron chi connectivity index (χ4n) is 2.68. The normalized spacial score (nSPS) is 18.2. The lowest BCUT2D eigenvalue weighted by atomic mass is 10.3. The first-order valence-electron chi connectivity index (χ1n) is 7.93. The van der Waals surface area contributed by atoms with Gasteiger partial charge in [-0.1, -0.05) is 18.2 Å². The third-order valence-corrected chi connectivity index (χ3v) is 4.89. The summed E-state index contributed by atoms with van der Waals surface area (Å²) in [6.07, 6.45) is 2.90. The number of nitrogens with zero attached hydrogens (tertiary/aromatic N) is 2. The summed E-state index contributed by atoms with van der Waals surface area (Å²) < 4.78 is 22.2. The van der Waals surface area contributed by atoms with Crippen LogP contribution in [0.2, 0.25) is 0 Å². The molecule has 0 radical (unpaired) electrons. The quantitative estimate of drug-likeness (QED) is 0.288. The molecule has 0 amide bonds. The number of benzene rings is 1. The summed E-state index contributed by atoms with van der Waals surface area (Å²) in [5.74, 6) is 0.931. The Morgan fingerprint density at radius 1 is 1.33 bits per heavy atom. The zero-order valence-corrected chi connectivity index (χ0v) is 17.4. The van der Waals surface area contributed by atoms with Crippen molar-refractivity contribution in [1.82, 2.24) is 10.6 Å². The van der Waals surface area contributed by atoms with Crippen LogP contribution in [0.5, 0.6) is 0 Å². The maximum Gasteiger partial charge on any atom is 0.191 e. The second kappa shape index (κ2) is 10.1. The lowest BCUT2D eigenvalue weighted by Crippen LogP contribution is -2.45. The molecule has 8 heteroatoms. The van der Waals surface area contributed by atoms with Gasteiger partial charge in [-0.3, -0.25) is 4.99 Å². The van der Waals surface area contributed by atoms with Gasteiger partial charge in [0.25, 0.3) is 0 Å². The number of aliphatic imine (C=N–C) groups is 1. The largest absolute Gasteiger partial charge is 0.369 e. The molecule has 1 heterocycles. The molecule has 1 aromatic rings. The zero-order valence-electron chi connectivity index (χ0n) is 14.2. The summed E-state index contributed by atoms with van der Waals surface area (Å²) in [6, 6.07) is 10.7. The van der Waals surface area contributed by atoms with E-state index in [1.165, 1.54) is 11.9 Å². The van der Waals surface area contributed by atoms with Gasteiger partial charge < -0.3 is 15.5 Å². The number of para-hydroxylation sites is 1. The van der Waals surface area contributed by atoms with Gasteiger partial charge in [-0.05, 0) is 25.0 Å². The Balaban J connectivity index is 0.00000288. The van der Waals surface area contributed by atoms with Crippen LogP contribution in [0.4, 0.5) is 5.69 Å². The molecule has 0 bridgehead atoms. The second-order valence-electron chi connectivity index (χ2n) is 5.89. The third-order valence-electron chi connectivity index (χ3n) is 3.86. The van der Waals surface area contributed by atoms with E-state index in [0.717, 1.165) is 25.5 Å². The number of hydrogen-bond acceptors (Lipinski definition) is 4. The van der Waals surface area contributed by atoms with Crippen LogP contribution >= 0.6 is 24.0 Å². The number of rotatable bonds is 6. The lowest BCUT2D eigenvalue weighted by Gasteiger charge is -2.20. The zero-order chi connectivity index (χ0) is 16.7. The molecule has 2 N–H and O–H groups in total. The minimum atomic E-state index is -2.90. The molecule has 1 atom stereocenters. The van der Waals surface area contributed by atoms with E-state index in [4.69, 9.17) is 0 Å². The Morgan fingerprint density at radius 3 is 2.67 bits per heavy atom. The van der Waals surface area contributed by atoms with Gasteiger partial charge in [-0.25, -0.2) is 8.42 Å². The first kappa shape index (κ1) is 21.0. The Bertz CT molecular complexity index is 622. The summed E-state index contributed by atoms with van der Waals surface area (Å²) in [5.41, 5.74) is 1.24. The summed E-state index contributed by atoms with van der Waals surface area (Å²) >= 11 is 0. The molecule has 24 heavy (non-hydrogen) atoms. The molecular weight excluding hydrogens is 439 g/mol. The lowest BCUT2D eigenvalue weighted by molar-refractivity contribution is 0.597. The van der Waals surface area contributed by atoms with Gasteiger partial charge >= 0.3 is 0 Å². The second-order valence-corrected chi connectivity index (χ2v) is 8.15. The minimum absolute atomic E-state index is 0.